The van der Waals surface area contributed by atoms with Gasteiger partial charge < -0.3 is 9.73 Å². The van der Waals surface area contributed by atoms with Crippen LogP contribution in [0.2, 0.25) is 10.0 Å². The summed E-state index contributed by atoms with van der Waals surface area (Å²) < 4.78 is 5.69. The average Bonchev–Trinajstić information content (AvgIpc) is 3.41. The van der Waals surface area contributed by atoms with Gasteiger partial charge >= 0.3 is 0 Å². The standard InChI is InChI=1S/C24H16Cl2N2O2S/c25-17-6-2-5-16(22(17)26)19-11-12-20(30-19)23(29)28-24(31)27-18-10-9-14-8-7-13-3-1-4-15(18)21(13)14/h1-6,9-12H,7-8H2,(H2,27,28,29,31). The van der Waals surface area contributed by atoms with Gasteiger partial charge in [0.05, 0.1) is 10.0 Å². The maximum Gasteiger partial charge on any atom is 0.293 e. The summed E-state index contributed by atoms with van der Waals surface area (Å²) in [6.45, 7) is 0. The Hall–Kier alpha value is -2.86. The molecule has 4 nitrogen and oxygen atoms in total. The second-order valence-corrected chi connectivity index (χ2v) is 8.48. The molecule has 2 N–H and O–H groups in total. The van der Waals surface area contributed by atoms with Crippen LogP contribution >= 0.6 is 35.4 Å². The smallest absolute Gasteiger partial charge is 0.293 e. The number of furan rings is 1. The van der Waals surface area contributed by atoms with Crippen molar-refractivity contribution in [3.05, 3.63) is 87.6 Å². The van der Waals surface area contributed by atoms with Crippen molar-refractivity contribution in [2.45, 2.75) is 12.8 Å². The van der Waals surface area contributed by atoms with E-state index in [0.29, 0.717) is 21.4 Å². The molecule has 1 aliphatic carbocycles. The number of amides is 1. The van der Waals surface area contributed by atoms with Crippen LogP contribution in [0.5, 0.6) is 0 Å². The predicted octanol–water partition coefficient (Wildman–Crippen LogP) is 6.63. The maximum atomic E-state index is 12.6. The van der Waals surface area contributed by atoms with Crippen LogP contribution in [0.15, 0.2) is 65.1 Å². The Bertz CT molecular complexity index is 1350. The topological polar surface area (TPSA) is 54.3 Å². The van der Waals surface area contributed by atoms with Crippen molar-refractivity contribution < 1.29 is 9.21 Å². The lowest BCUT2D eigenvalue weighted by molar-refractivity contribution is 0.0951. The molecule has 1 amide bonds. The molecule has 0 radical (unpaired) electrons. The first kappa shape index (κ1) is 20.1. The van der Waals surface area contributed by atoms with Gasteiger partial charge in [0, 0.05) is 16.6 Å². The minimum atomic E-state index is -0.451. The molecule has 1 heterocycles. The van der Waals surface area contributed by atoms with Gasteiger partial charge in [0.15, 0.2) is 10.9 Å². The third-order valence-corrected chi connectivity index (χ3v) is 6.42. The van der Waals surface area contributed by atoms with Crippen LogP contribution in [0.1, 0.15) is 21.7 Å². The molecule has 0 saturated heterocycles. The van der Waals surface area contributed by atoms with E-state index in [0.717, 1.165) is 23.9 Å². The van der Waals surface area contributed by atoms with Gasteiger partial charge in [0.2, 0.25) is 0 Å². The second kappa shape index (κ2) is 8.00. The molecule has 154 valence electrons. The van der Waals surface area contributed by atoms with E-state index in [1.54, 1.807) is 30.3 Å². The van der Waals surface area contributed by atoms with E-state index in [1.165, 1.54) is 16.5 Å². The van der Waals surface area contributed by atoms with E-state index in [1.807, 2.05) is 12.1 Å². The lowest BCUT2D eigenvalue weighted by atomic mass is 10.0. The zero-order valence-corrected chi connectivity index (χ0v) is 18.5. The van der Waals surface area contributed by atoms with Crippen molar-refractivity contribution in [2.24, 2.45) is 0 Å². The first-order valence-electron chi connectivity index (χ1n) is 9.71. The van der Waals surface area contributed by atoms with Gasteiger partial charge in [-0.15, -0.1) is 0 Å². The third-order valence-electron chi connectivity index (χ3n) is 5.40. The minimum Gasteiger partial charge on any atom is -0.451 e. The second-order valence-electron chi connectivity index (χ2n) is 7.29. The molecule has 0 atom stereocenters. The van der Waals surface area contributed by atoms with E-state index in [9.17, 15) is 4.79 Å². The molecule has 0 saturated carbocycles. The number of hydrogen-bond donors (Lipinski definition) is 2. The summed E-state index contributed by atoms with van der Waals surface area (Å²) >= 11 is 17.7. The monoisotopic (exact) mass is 466 g/mol. The average molecular weight is 467 g/mol. The molecule has 7 heteroatoms. The zero-order chi connectivity index (χ0) is 21.5. The number of carbonyl (C=O) groups excluding carboxylic acids is 1. The van der Waals surface area contributed by atoms with Crippen LogP contribution in [-0.2, 0) is 12.8 Å². The highest BCUT2D eigenvalue weighted by atomic mass is 35.5. The van der Waals surface area contributed by atoms with Crippen molar-refractivity contribution in [1.29, 1.82) is 0 Å². The van der Waals surface area contributed by atoms with Crippen molar-refractivity contribution >= 4 is 62.9 Å². The number of halogens is 2. The molecule has 1 aliphatic rings. The Balaban J connectivity index is 1.33. The van der Waals surface area contributed by atoms with Crippen molar-refractivity contribution in [2.75, 3.05) is 5.32 Å². The van der Waals surface area contributed by atoms with E-state index in [4.69, 9.17) is 39.8 Å². The normalized spacial score (nSPS) is 12.2. The van der Waals surface area contributed by atoms with Gasteiger partial charge in [-0.25, -0.2) is 0 Å². The van der Waals surface area contributed by atoms with Crippen LogP contribution in [0.25, 0.3) is 22.1 Å². The van der Waals surface area contributed by atoms with Crippen molar-refractivity contribution in [3.63, 3.8) is 0 Å². The zero-order valence-electron chi connectivity index (χ0n) is 16.2. The number of anilines is 1. The van der Waals surface area contributed by atoms with E-state index >= 15 is 0 Å². The fourth-order valence-electron chi connectivity index (χ4n) is 3.97. The molecule has 4 aromatic rings. The van der Waals surface area contributed by atoms with Gasteiger partial charge in [-0.2, -0.15) is 0 Å². The molecule has 5 rings (SSSR count). The summed E-state index contributed by atoms with van der Waals surface area (Å²) in [5, 5.41) is 9.17. The molecule has 0 fully saturated rings. The molecule has 31 heavy (non-hydrogen) atoms. The number of rotatable bonds is 3. The van der Waals surface area contributed by atoms with Crippen LogP contribution in [0.3, 0.4) is 0 Å². The van der Waals surface area contributed by atoms with Crippen LogP contribution in [-0.4, -0.2) is 11.0 Å². The van der Waals surface area contributed by atoms with E-state index in [2.05, 4.69) is 28.8 Å². The van der Waals surface area contributed by atoms with Gasteiger partial charge in [-0.1, -0.05) is 53.5 Å². The molecular weight excluding hydrogens is 451 g/mol. The Morgan fingerprint density at radius 2 is 1.71 bits per heavy atom. The SMILES string of the molecule is O=C(NC(=S)Nc1ccc2c3c(cccc13)CC2)c1ccc(-c2cccc(Cl)c2Cl)o1. The molecule has 0 aliphatic heterocycles. The fourth-order valence-corrected chi connectivity index (χ4v) is 4.57. The maximum absolute atomic E-state index is 12.6. The largest absolute Gasteiger partial charge is 0.451 e. The number of aryl methyl sites for hydroxylation is 2. The lowest BCUT2D eigenvalue weighted by Crippen LogP contribution is -2.33. The third kappa shape index (κ3) is 3.69. The van der Waals surface area contributed by atoms with Crippen molar-refractivity contribution in [1.82, 2.24) is 5.32 Å². The summed E-state index contributed by atoms with van der Waals surface area (Å²) in [5.74, 6) is 0.118. The van der Waals surface area contributed by atoms with E-state index < -0.39 is 5.91 Å². The number of benzene rings is 3. The predicted molar refractivity (Wildman–Crippen MR) is 129 cm³/mol. The minimum absolute atomic E-state index is 0.121. The molecule has 0 spiro atoms. The van der Waals surface area contributed by atoms with Crippen LogP contribution in [0, 0.1) is 0 Å². The van der Waals surface area contributed by atoms with Crippen molar-refractivity contribution in [3.8, 4) is 11.3 Å². The lowest BCUT2D eigenvalue weighted by Gasteiger charge is -2.12. The van der Waals surface area contributed by atoms with Crippen LogP contribution in [0.4, 0.5) is 5.69 Å². The fraction of sp³-hybridized carbons (Fsp3) is 0.0833. The number of hydrogen-bond acceptors (Lipinski definition) is 3. The van der Waals surface area contributed by atoms with Gasteiger partial charge in [0.25, 0.3) is 5.91 Å². The van der Waals surface area contributed by atoms with E-state index in [-0.39, 0.29) is 10.9 Å². The number of thiocarbonyl (C=S) groups is 1. The van der Waals surface area contributed by atoms with Gasteiger partial charge in [-0.05, 0) is 71.9 Å². The summed E-state index contributed by atoms with van der Waals surface area (Å²) in [5.41, 5.74) is 4.16. The first-order chi connectivity index (χ1) is 15.0. The molecule has 0 bridgehead atoms. The summed E-state index contributed by atoms with van der Waals surface area (Å²) in [7, 11) is 0. The Morgan fingerprint density at radius 3 is 2.55 bits per heavy atom. The Labute approximate surface area is 194 Å². The molecular formula is C24H16Cl2N2O2S. The van der Waals surface area contributed by atoms with Gasteiger partial charge in [0.1, 0.15) is 5.76 Å². The summed E-state index contributed by atoms with van der Waals surface area (Å²) in [6, 6.07) is 18.8. The highest BCUT2D eigenvalue weighted by Crippen LogP contribution is 2.36. The summed E-state index contributed by atoms with van der Waals surface area (Å²) in [4.78, 5) is 12.6. The number of carbonyl (C=O) groups is 1. The number of nitrogens with one attached hydrogen (secondary N) is 2. The van der Waals surface area contributed by atoms with Gasteiger partial charge in [-0.3, -0.25) is 10.1 Å². The molecule has 0 unspecified atom stereocenters. The molecule has 1 aromatic heterocycles. The highest BCUT2D eigenvalue weighted by Gasteiger charge is 2.18. The quantitative estimate of drug-likeness (QED) is 0.332. The van der Waals surface area contributed by atoms with Crippen LogP contribution < -0.4 is 10.6 Å². The highest BCUT2D eigenvalue weighted by molar-refractivity contribution is 7.80. The summed E-state index contributed by atoms with van der Waals surface area (Å²) in [6.07, 6.45) is 2.10. The Morgan fingerprint density at radius 1 is 0.935 bits per heavy atom. The Kier molecular flexibility index (Phi) is 5.18. The first-order valence-corrected chi connectivity index (χ1v) is 10.9. The molecule has 3 aromatic carbocycles.